The summed E-state index contributed by atoms with van der Waals surface area (Å²) < 4.78 is 0. The summed E-state index contributed by atoms with van der Waals surface area (Å²) in [6.07, 6.45) is -0.412. The molecule has 0 saturated heterocycles. The first kappa shape index (κ1) is 8.54. The van der Waals surface area contributed by atoms with Crippen LogP contribution in [-0.2, 0) is 0 Å². The monoisotopic (exact) mass is 152 g/mol. The van der Waals surface area contributed by atoms with Crippen molar-refractivity contribution in [2.24, 2.45) is 5.41 Å². The maximum Gasteiger partial charge on any atom is 0.0966 e. The molecule has 62 valence electrons. The van der Waals surface area contributed by atoms with E-state index in [0.29, 0.717) is 0 Å². The zero-order valence-corrected chi connectivity index (χ0v) is 7.73. The largest absolute Gasteiger partial charge is 0.384 e. The maximum atomic E-state index is 9.61. The average molecular weight is 152 g/mol. The summed E-state index contributed by atoms with van der Waals surface area (Å²) in [5, 5.41) is 9.61. The van der Waals surface area contributed by atoms with Gasteiger partial charge in [-0.15, -0.1) is 0 Å². The Kier molecular flexibility index (Phi) is 1.72. The topological polar surface area (TPSA) is 20.2 Å². The van der Waals surface area contributed by atoms with E-state index in [-0.39, 0.29) is 5.41 Å². The van der Waals surface area contributed by atoms with Gasteiger partial charge in [0.15, 0.2) is 0 Å². The second kappa shape index (κ2) is 2.21. The molecule has 1 rings (SSSR count). The third-order valence-corrected chi connectivity index (χ3v) is 2.69. The first-order chi connectivity index (χ1) is 4.89. The molecule has 1 heteroatoms. The number of hydrogen-bond donors (Lipinski definition) is 1. The van der Waals surface area contributed by atoms with E-state index in [1.165, 1.54) is 5.57 Å². The van der Waals surface area contributed by atoms with Gasteiger partial charge in [0.25, 0.3) is 0 Å². The van der Waals surface area contributed by atoms with Crippen LogP contribution >= 0.6 is 0 Å². The Hall–Kier alpha value is -0.560. The van der Waals surface area contributed by atoms with Crippen LogP contribution in [0.4, 0.5) is 0 Å². The lowest BCUT2D eigenvalue weighted by Crippen LogP contribution is -2.10. The molecule has 0 radical (unpaired) electrons. The summed E-state index contributed by atoms with van der Waals surface area (Å²) in [6.45, 7) is 11.9. The van der Waals surface area contributed by atoms with Gasteiger partial charge < -0.3 is 5.11 Å². The zero-order chi connectivity index (χ0) is 8.81. The van der Waals surface area contributed by atoms with Crippen molar-refractivity contribution in [3.8, 4) is 0 Å². The minimum Gasteiger partial charge on any atom is -0.384 e. The normalized spacial score (nSPS) is 23.4. The maximum absolute atomic E-state index is 9.61. The highest BCUT2D eigenvalue weighted by Crippen LogP contribution is 2.54. The molecule has 1 atom stereocenters. The summed E-state index contributed by atoms with van der Waals surface area (Å²) >= 11 is 0. The van der Waals surface area contributed by atoms with Gasteiger partial charge in [-0.05, 0) is 25.0 Å². The standard InChI is InChI=1S/C10H16O/c1-6(2)9(11)8-7(3)10(8,4)5/h9,11H,1H2,2-5H3. The molecule has 11 heavy (non-hydrogen) atoms. The van der Waals surface area contributed by atoms with Gasteiger partial charge >= 0.3 is 0 Å². The highest BCUT2D eigenvalue weighted by atomic mass is 16.3. The fourth-order valence-electron chi connectivity index (χ4n) is 1.48. The van der Waals surface area contributed by atoms with E-state index in [1.807, 2.05) is 6.92 Å². The summed E-state index contributed by atoms with van der Waals surface area (Å²) in [7, 11) is 0. The molecule has 1 N–H and O–H groups in total. The number of hydrogen-bond acceptors (Lipinski definition) is 1. The van der Waals surface area contributed by atoms with Crippen LogP contribution in [0.15, 0.2) is 23.3 Å². The second-order valence-electron chi connectivity index (χ2n) is 3.91. The highest BCUT2D eigenvalue weighted by Gasteiger charge is 2.45. The van der Waals surface area contributed by atoms with Crippen LogP contribution in [0.2, 0.25) is 0 Å². The molecular weight excluding hydrogens is 136 g/mol. The average Bonchev–Trinajstić information content (AvgIpc) is 2.32. The lowest BCUT2D eigenvalue weighted by atomic mass is 9.99. The van der Waals surface area contributed by atoms with Crippen LogP contribution in [0.5, 0.6) is 0 Å². The van der Waals surface area contributed by atoms with Crippen LogP contribution in [0.3, 0.4) is 0 Å². The minimum absolute atomic E-state index is 0.151. The summed E-state index contributed by atoms with van der Waals surface area (Å²) in [6, 6.07) is 0. The van der Waals surface area contributed by atoms with Crippen molar-refractivity contribution in [1.82, 2.24) is 0 Å². The van der Waals surface area contributed by atoms with Crippen LogP contribution in [0.1, 0.15) is 27.7 Å². The van der Waals surface area contributed by atoms with Crippen LogP contribution in [-0.4, -0.2) is 11.2 Å². The fraction of sp³-hybridized carbons (Fsp3) is 0.600. The third-order valence-electron chi connectivity index (χ3n) is 2.69. The van der Waals surface area contributed by atoms with Crippen molar-refractivity contribution in [1.29, 1.82) is 0 Å². The summed E-state index contributed by atoms with van der Waals surface area (Å²) in [5.74, 6) is 0. The molecule has 0 fully saturated rings. The predicted octanol–water partition coefficient (Wildman–Crippen LogP) is 2.28. The Bertz CT molecular complexity index is 233. The number of aliphatic hydroxyl groups is 1. The van der Waals surface area contributed by atoms with Gasteiger partial charge in [0.2, 0.25) is 0 Å². The molecule has 0 aromatic carbocycles. The molecule has 0 spiro atoms. The van der Waals surface area contributed by atoms with E-state index in [2.05, 4.69) is 27.4 Å². The first-order valence-corrected chi connectivity index (χ1v) is 3.94. The van der Waals surface area contributed by atoms with Gasteiger partial charge in [0.1, 0.15) is 0 Å². The van der Waals surface area contributed by atoms with Gasteiger partial charge in [0.05, 0.1) is 6.10 Å². The van der Waals surface area contributed by atoms with Gasteiger partial charge in [-0.3, -0.25) is 0 Å². The quantitative estimate of drug-likeness (QED) is 0.602. The Morgan fingerprint density at radius 1 is 1.55 bits per heavy atom. The second-order valence-corrected chi connectivity index (χ2v) is 3.91. The fourth-order valence-corrected chi connectivity index (χ4v) is 1.48. The van der Waals surface area contributed by atoms with Crippen molar-refractivity contribution in [2.45, 2.75) is 33.8 Å². The summed E-state index contributed by atoms with van der Waals surface area (Å²) in [5.41, 5.74) is 3.46. The SMILES string of the molecule is C=C(C)C(O)C1=C(C)C1(C)C. The lowest BCUT2D eigenvalue weighted by molar-refractivity contribution is 0.242. The van der Waals surface area contributed by atoms with Gasteiger partial charge in [-0.25, -0.2) is 0 Å². The molecule has 0 amide bonds. The molecule has 1 nitrogen and oxygen atoms in total. The Labute approximate surface area is 68.4 Å². The third kappa shape index (κ3) is 1.14. The van der Waals surface area contributed by atoms with Gasteiger partial charge in [0, 0.05) is 5.41 Å². The number of rotatable bonds is 2. The predicted molar refractivity (Wildman–Crippen MR) is 47.3 cm³/mol. The Morgan fingerprint density at radius 3 is 2.00 bits per heavy atom. The van der Waals surface area contributed by atoms with Crippen molar-refractivity contribution in [2.75, 3.05) is 0 Å². The van der Waals surface area contributed by atoms with Crippen LogP contribution in [0, 0.1) is 5.41 Å². The number of aliphatic hydroxyl groups excluding tert-OH is 1. The first-order valence-electron chi connectivity index (χ1n) is 3.94. The molecule has 1 aliphatic carbocycles. The Balaban J connectivity index is 2.74. The molecule has 0 saturated carbocycles. The van der Waals surface area contributed by atoms with E-state index in [4.69, 9.17) is 0 Å². The molecule has 0 aromatic heterocycles. The van der Waals surface area contributed by atoms with E-state index >= 15 is 0 Å². The Morgan fingerprint density at radius 2 is 1.91 bits per heavy atom. The lowest BCUT2D eigenvalue weighted by Gasteiger charge is -2.10. The molecule has 1 aliphatic rings. The molecular formula is C10H16O. The van der Waals surface area contributed by atoms with Crippen molar-refractivity contribution in [3.05, 3.63) is 23.3 Å². The van der Waals surface area contributed by atoms with Crippen molar-refractivity contribution in [3.63, 3.8) is 0 Å². The minimum atomic E-state index is -0.412. The van der Waals surface area contributed by atoms with E-state index in [1.54, 1.807) is 0 Å². The summed E-state index contributed by atoms with van der Waals surface area (Å²) in [4.78, 5) is 0. The highest BCUT2D eigenvalue weighted by molar-refractivity contribution is 5.50. The van der Waals surface area contributed by atoms with Crippen molar-refractivity contribution >= 4 is 0 Å². The molecule has 0 aromatic rings. The zero-order valence-electron chi connectivity index (χ0n) is 7.73. The van der Waals surface area contributed by atoms with Crippen molar-refractivity contribution < 1.29 is 5.11 Å². The van der Waals surface area contributed by atoms with Gasteiger partial charge in [-0.1, -0.05) is 26.0 Å². The molecule has 0 bridgehead atoms. The van der Waals surface area contributed by atoms with Crippen LogP contribution in [0.25, 0.3) is 0 Å². The van der Waals surface area contributed by atoms with E-state index in [9.17, 15) is 5.11 Å². The smallest absolute Gasteiger partial charge is 0.0966 e. The number of allylic oxidation sites excluding steroid dienone is 1. The molecule has 0 aliphatic heterocycles. The molecule has 1 unspecified atom stereocenters. The van der Waals surface area contributed by atoms with Crippen LogP contribution < -0.4 is 0 Å². The molecule has 0 heterocycles. The van der Waals surface area contributed by atoms with E-state index < -0.39 is 6.10 Å². The van der Waals surface area contributed by atoms with Gasteiger partial charge in [-0.2, -0.15) is 0 Å². The van der Waals surface area contributed by atoms with E-state index in [0.717, 1.165) is 11.1 Å².